The summed E-state index contributed by atoms with van der Waals surface area (Å²) < 4.78 is 0. The van der Waals surface area contributed by atoms with Crippen LogP contribution in [0.2, 0.25) is 0 Å². The molecule has 0 aliphatic rings. The van der Waals surface area contributed by atoms with E-state index in [4.69, 9.17) is 5.11 Å². The number of rotatable bonds is 6. The van der Waals surface area contributed by atoms with Gasteiger partial charge in [0.25, 0.3) is 0 Å². The Hall–Kier alpha value is -2.88. The van der Waals surface area contributed by atoms with Gasteiger partial charge in [0.1, 0.15) is 0 Å². The molecule has 0 fully saturated rings. The molecule has 0 amide bonds. The van der Waals surface area contributed by atoms with Gasteiger partial charge in [-0.05, 0) is 24.5 Å². The standard InChI is InChI=1S/C19H18O4/c1-13-7-9-15(10-8-13)16(11-14-5-3-2-4-6-14)17(19(22)23)12-18(20)21/h2-10,12,16H,11H2,1H3,(H,20,21)(H,22,23)/b17-12-. The topological polar surface area (TPSA) is 74.6 Å². The Labute approximate surface area is 134 Å². The highest BCUT2D eigenvalue weighted by Gasteiger charge is 2.24. The average molecular weight is 310 g/mol. The summed E-state index contributed by atoms with van der Waals surface area (Å²) in [6, 6.07) is 16.9. The predicted molar refractivity (Wildman–Crippen MR) is 87.4 cm³/mol. The minimum atomic E-state index is -1.26. The molecular formula is C19H18O4. The van der Waals surface area contributed by atoms with Gasteiger partial charge in [0, 0.05) is 12.0 Å². The molecule has 4 heteroatoms. The van der Waals surface area contributed by atoms with Crippen molar-refractivity contribution < 1.29 is 19.8 Å². The second-order valence-corrected chi connectivity index (χ2v) is 5.40. The van der Waals surface area contributed by atoms with E-state index in [0.29, 0.717) is 6.42 Å². The highest BCUT2D eigenvalue weighted by molar-refractivity contribution is 5.96. The van der Waals surface area contributed by atoms with Crippen molar-refractivity contribution in [3.8, 4) is 0 Å². The van der Waals surface area contributed by atoms with Crippen molar-refractivity contribution in [1.29, 1.82) is 0 Å². The molecule has 2 rings (SSSR count). The summed E-state index contributed by atoms with van der Waals surface area (Å²) in [6.45, 7) is 1.95. The van der Waals surface area contributed by atoms with Crippen molar-refractivity contribution in [3.63, 3.8) is 0 Å². The summed E-state index contributed by atoms with van der Waals surface area (Å²) in [7, 11) is 0. The third-order valence-electron chi connectivity index (χ3n) is 3.66. The fourth-order valence-corrected chi connectivity index (χ4v) is 2.50. The van der Waals surface area contributed by atoms with E-state index < -0.39 is 17.9 Å². The van der Waals surface area contributed by atoms with Crippen LogP contribution < -0.4 is 0 Å². The number of aliphatic carboxylic acids is 2. The molecule has 1 atom stereocenters. The van der Waals surface area contributed by atoms with E-state index in [2.05, 4.69) is 0 Å². The molecule has 0 aromatic heterocycles. The van der Waals surface area contributed by atoms with Gasteiger partial charge in [-0.15, -0.1) is 0 Å². The first kappa shape index (κ1) is 16.5. The van der Waals surface area contributed by atoms with Crippen molar-refractivity contribution in [2.75, 3.05) is 0 Å². The predicted octanol–water partition coefficient (Wildman–Crippen LogP) is 3.42. The first-order chi connectivity index (χ1) is 11.0. The second-order valence-electron chi connectivity index (χ2n) is 5.40. The number of carbonyl (C=O) groups is 2. The third kappa shape index (κ3) is 4.54. The quantitative estimate of drug-likeness (QED) is 0.802. The lowest BCUT2D eigenvalue weighted by atomic mass is 9.85. The molecule has 0 saturated carbocycles. The van der Waals surface area contributed by atoms with E-state index in [1.54, 1.807) is 0 Å². The molecular weight excluding hydrogens is 292 g/mol. The number of hydrogen-bond acceptors (Lipinski definition) is 2. The Balaban J connectivity index is 2.47. The average Bonchev–Trinajstić information content (AvgIpc) is 2.52. The maximum Gasteiger partial charge on any atom is 0.332 e. The van der Waals surface area contributed by atoms with Crippen LogP contribution in [0.5, 0.6) is 0 Å². The fraction of sp³-hybridized carbons (Fsp3) is 0.158. The monoisotopic (exact) mass is 310 g/mol. The minimum absolute atomic E-state index is 0.120. The first-order valence-electron chi connectivity index (χ1n) is 7.25. The third-order valence-corrected chi connectivity index (χ3v) is 3.66. The van der Waals surface area contributed by atoms with Gasteiger partial charge in [0.15, 0.2) is 0 Å². The highest BCUT2D eigenvalue weighted by atomic mass is 16.4. The molecule has 2 aromatic carbocycles. The number of carboxylic acids is 2. The molecule has 0 radical (unpaired) electrons. The van der Waals surface area contributed by atoms with Crippen LogP contribution in [0.15, 0.2) is 66.2 Å². The fourth-order valence-electron chi connectivity index (χ4n) is 2.50. The van der Waals surface area contributed by atoms with Gasteiger partial charge >= 0.3 is 11.9 Å². The largest absolute Gasteiger partial charge is 0.478 e. The molecule has 0 saturated heterocycles. The normalized spacial score (nSPS) is 12.7. The Morgan fingerprint density at radius 1 is 1.00 bits per heavy atom. The van der Waals surface area contributed by atoms with Crippen molar-refractivity contribution in [3.05, 3.63) is 82.9 Å². The van der Waals surface area contributed by atoms with Crippen LogP contribution >= 0.6 is 0 Å². The van der Waals surface area contributed by atoms with E-state index in [1.165, 1.54) is 0 Å². The van der Waals surface area contributed by atoms with E-state index >= 15 is 0 Å². The van der Waals surface area contributed by atoms with E-state index in [-0.39, 0.29) is 5.57 Å². The lowest BCUT2D eigenvalue weighted by Crippen LogP contribution is -2.15. The Bertz CT molecular complexity index is 715. The Morgan fingerprint density at radius 2 is 1.61 bits per heavy atom. The van der Waals surface area contributed by atoms with Crippen LogP contribution in [-0.4, -0.2) is 22.2 Å². The molecule has 0 aliphatic heterocycles. The van der Waals surface area contributed by atoms with Crippen LogP contribution in [0, 0.1) is 6.92 Å². The van der Waals surface area contributed by atoms with Crippen LogP contribution in [0.4, 0.5) is 0 Å². The summed E-state index contributed by atoms with van der Waals surface area (Å²) in [5.41, 5.74) is 2.68. The summed E-state index contributed by atoms with van der Waals surface area (Å²) >= 11 is 0. The Morgan fingerprint density at radius 3 is 2.13 bits per heavy atom. The number of carboxylic acid groups (broad SMARTS) is 2. The molecule has 4 nitrogen and oxygen atoms in total. The lowest BCUT2D eigenvalue weighted by Gasteiger charge is -2.18. The summed E-state index contributed by atoms with van der Waals surface area (Å²) in [5, 5.41) is 18.5. The zero-order valence-electron chi connectivity index (χ0n) is 12.8. The summed E-state index contributed by atoms with van der Waals surface area (Å²) in [4.78, 5) is 22.6. The maximum atomic E-state index is 11.6. The summed E-state index contributed by atoms with van der Waals surface area (Å²) in [5.74, 6) is -2.99. The van der Waals surface area contributed by atoms with Crippen LogP contribution in [0.1, 0.15) is 22.6 Å². The first-order valence-corrected chi connectivity index (χ1v) is 7.25. The van der Waals surface area contributed by atoms with E-state index in [9.17, 15) is 14.7 Å². The SMILES string of the molecule is Cc1ccc(C(Cc2ccccc2)/C(=C/C(=O)O)C(=O)O)cc1. The van der Waals surface area contributed by atoms with Gasteiger partial charge in [-0.1, -0.05) is 60.2 Å². The molecule has 1 unspecified atom stereocenters. The zero-order valence-corrected chi connectivity index (χ0v) is 12.8. The van der Waals surface area contributed by atoms with Crippen LogP contribution in [0.3, 0.4) is 0 Å². The van der Waals surface area contributed by atoms with E-state index in [0.717, 1.165) is 22.8 Å². The van der Waals surface area contributed by atoms with Crippen molar-refractivity contribution in [1.82, 2.24) is 0 Å². The smallest absolute Gasteiger partial charge is 0.332 e. The summed E-state index contributed by atoms with van der Waals surface area (Å²) in [6.07, 6.45) is 1.21. The lowest BCUT2D eigenvalue weighted by molar-refractivity contribution is -0.135. The van der Waals surface area contributed by atoms with E-state index in [1.807, 2.05) is 61.5 Å². The highest BCUT2D eigenvalue weighted by Crippen LogP contribution is 2.29. The van der Waals surface area contributed by atoms with Crippen LogP contribution in [0.25, 0.3) is 0 Å². The maximum absolute atomic E-state index is 11.6. The van der Waals surface area contributed by atoms with Crippen molar-refractivity contribution >= 4 is 11.9 Å². The number of aryl methyl sites for hydroxylation is 1. The van der Waals surface area contributed by atoms with Crippen molar-refractivity contribution in [2.24, 2.45) is 0 Å². The molecule has 0 spiro atoms. The molecule has 118 valence electrons. The molecule has 0 heterocycles. The van der Waals surface area contributed by atoms with Gasteiger partial charge in [-0.3, -0.25) is 0 Å². The van der Waals surface area contributed by atoms with Gasteiger partial charge < -0.3 is 10.2 Å². The van der Waals surface area contributed by atoms with Gasteiger partial charge in [0.05, 0.1) is 5.57 Å². The number of benzene rings is 2. The van der Waals surface area contributed by atoms with Gasteiger partial charge in [0.2, 0.25) is 0 Å². The Kier molecular flexibility index (Phi) is 5.31. The number of hydrogen-bond donors (Lipinski definition) is 2. The minimum Gasteiger partial charge on any atom is -0.478 e. The van der Waals surface area contributed by atoms with Crippen molar-refractivity contribution in [2.45, 2.75) is 19.3 Å². The van der Waals surface area contributed by atoms with Gasteiger partial charge in [-0.2, -0.15) is 0 Å². The van der Waals surface area contributed by atoms with Crippen LogP contribution in [-0.2, 0) is 16.0 Å². The molecule has 2 N–H and O–H groups in total. The molecule has 23 heavy (non-hydrogen) atoms. The zero-order chi connectivity index (χ0) is 16.8. The second kappa shape index (κ2) is 7.40. The molecule has 2 aromatic rings. The van der Waals surface area contributed by atoms with Gasteiger partial charge in [-0.25, -0.2) is 9.59 Å². The molecule has 0 aliphatic carbocycles. The molecule has 0 bridgehead atoms.